The van der Waals surface area contributed by atoms with Gasteiger partial charge in [-0.2, -0.15) is 0 Å². The number of methoxy groups -OCH3 is 1. The summed E-state index contributed by atoms with van der Waals surface area (Å²) in [5.74, 6) is -0.678. The molecule has 1 N–H and O–H groups in total. The Hall–Kier alpha value is -3.07. The summed E-state index contributed by atoms with van der Waals surface area (Å²) in [4.78, 5) is 24.6. The molecule has 0 aliphatic carbocycles. The van der Waals surface area contributed by atoms with Crippen LogP contribution in [0, 0.1) is 0 Å². The predicted molar refractivity (Wildman–Crippen MR) is 108 cm³/mol. The standard InChI is InChI=1S/C20H22N2O6S/c1-21(15-3-5-16(28-2)6-4-15)29(26,27)17-7-8-18-14(13-17)11-12-22(18)19(23)9-10-20(24)25/h3-8,13H,9-12H2,1-2H3,(H,24,25). The molecule has 0 saturated heterocycles. The lowest BCUT2D eigenvalue weighted by Gasteiger charge is -2.21. The van der Waals surface area contributed by atoms with Crippen LogP contribution in [0.4, 0.5) is 11.4 Å². The Bertz CT molecular complexity index is 1030. The maximum atomic E-state index is 13.0. The monoisotopic (exact) mass is 418 g/mol. The number of aliphatic carboxylic acids is 1. The number of hydrogen-bond acceptors (Lipinski definition) is 5. The summed E-state index contributed by atoms with van der Waals surface area (Å²) in [5, 5.41) is 8.75. The number of sulfonamides is 1. The lowest BCUT2D eigenvalue weighted by molar-refractivity contribution is -0.138. The van der Waals surface area contributed by atoms with E-state index in [1.807, 2.05) is 0 Å². The second-order valence-electron chi connectivity index (χ2n) is 6.65. The summed E-state index contributed by atoms with van der Waals surface area (Å²) < 4.78 is 32.3. The number of ether oxygens (including phenoxy) is 1. The molecular formula is C20H22N2O6S. The average Bonchev–Trinajstić information content (AvgIpc) is 3.14. The van der Waals surface area contributed by atoms with Crippen molar-refractivity contribution < 1.29 is 27.9 Å². The van der Waals surface area contributed by atoms with Crippen LogP contribution in [0.3, 0.4) is 0 Å². The first-order valence-corrected chi connectivity index (χ1v) is 10.5. The average molecular weight is 418 g/mol. The number of benzene rings is 2. The molecule has 0 radical (unpaired) electrons. The topological polar surface area (TPSA) is 104 Å². The molecule has 29 heavy (non-hydrogen) atoms. The number of carbonyl (C=O) groups excluding carboxylic acids is 1. The minimum absolute atomic E-state index is 0.0883. The van der Waals surface area contributed by atoms with E-state index in [1.165, 1.54) is 29.4 Å². The van der Waals surface area contributed by atoms with Gasteiger partial charge in [0, 0.05) is 25.7 Å². The van der Waals surface area contributed by atoms with Crippen molar-refractivity contribution in [3.63, 3.8) is 0 Å². The number of nitrogens with zero attached hydrogens (tertiary/aromatic N) is 2. The van der Waals surface area contributed by atoms with Crippen molar-refractivity contribution in [2.45, 2.75) is 24.2 Å². The van der Waals surface area contributed by atoms with Crippen LogP contribution >= 0.6 is 0 Å². The van der Waals surface area contributed by atoms with E-state index in [1.54, 1.807) is 36.4 Å². The fraction of sp³-hybridized carbons (Fsp3) is 0.300. The molecule has 1 aliphatic rings. The van der Waals surface area contributed by atoms with Gasteiger partial charge in [-0.15, -0.1) is 0 Å². The van der Waals surface area contributed by atoms with E-state index < -0.39 is 16.0 Å². The molecule has 0 atom stereocenters. The van der Waals surface area contributed by atoms with Gasteiger partial charge in [-0.3, -0.25) is 13.9 Å². The first-order chi connectivity index (χ1) is 13.7. The first kappa shape index (κ1) is 20.7. The van der Waals surface area contributed by atoms with E-state index in [2.05, 4.69) is 0 Å². The van der Waals surface area contributed by atoms with Gasteiger partial charge < -0.3 is 14.7 Å². The smallest absolute Gasteiger partial charge is 0.303 e. The van der Waals surface area contributed by atoms with Crippen LogP contribution in [0.25, 0.3) is 0 Å². The van der Waals surface area contributed by atoms with E-state index >= 15 is 0 Å². The molecule has 1 heterocycles. The number of anilines is 2. The minimum Gasteiger partial charge on any atom is -0.497 e. The minimum atomic E-state index is -3.78. The number of carbonyl (C=O) groups is 2. The number of carboxylic acids is 1. The van der Waals surface area contributed by atoms with E-state index in [9.17, 15) is 18.0 Å². The van der Waals surface area contributed by atoms with Crippen LogP contribution < -0.4 is 13.9 Å². The number of amides is 1. The Labute approximate surface area is 169 Å². The van der Waals surface area contributed by atoms with Crippen LogP contribution in [0.2, 0.25) is 0 Å². The zero-order valence-corrected chi connectivity index (χ0v) is 17.0. The quantitative estimate of drug-likeness (QED) is 0.740. The van der Waals surface area contributed by atoms with Gasteiger partial charge in [0.05, 0.1) is 24.1 Å². The molecule has 0 bridgehead atoms. The van der Waals surface area contributed by atoms with Crippen molar-refractivity contribution in [3.8, 4) is 5.75 Å². The number of carboxylic acid groups (broad SMARTS) is 1. The van der Waals surface area contributed by atoms with Crippen molar-refractivity contribution in [3.05, 3.63) is 48.0 Å². The van der Waals surface area contributed by atoms with Gasteiger partial charge in [0.2, 0.25) is 5.91 Å². The Kier molecular flexibility index (Phi) is 5.78. The third-order valence-corrected chi connectivity index (χ3v) is 6.68. The molecule has 0 unspecified atom stereocenters. The fourth-order valence-electron chi connectivity index (χ4n) is 3.24. The Morgan fingerprint density at radius 1 is 1.14 bits per heavy atom. The molecular weight excluding hydrogens is 396 g/mol. The van der Waals surface area contributed by atoms with Gasteiger partial charge in [0.1, 0.15) is 5.75 Å². The molecule has 0 aromatic heterocycles. The SMILES string of the molecule is COc1ccc(N(C)S(=O)(=O)c2ccc3c(c2)CCN3C(=O)CCC(=O)O)cc1. The van der Waals surface area contributed by atoms with Crippen LogP contribution in [-0.4, -0.2) is 46.1 Å². The first-order valence-electron chi connectivity index (χ1n) is 9.02. The summed E-state index contributed by atoms with van der Waals surface area (Å²) in [7, 11) is -0.765. The summed E-state index contributed by atoms with van der Waals surface area (Å²) in [5.41, 5.74) is 1.88. The lowest BCUT2D eigenvalue weighted by Crippen LogP contribution is -2.29. The number of hydrogen-bond donors (Lipinski definition) is 1. The zero-order chi connectivity index (χ0) is 21.2. The van der Waals surface area contributed by atoms with Gasteiger partial charge in [0.25, 0.3) is 10.0 Å². The van der Waals surface area contributed by atoms with Gasteiger partial charge in [0.15, 0.2) is 0 Å². The normalized spacial score (nSPS) is 13.1. The fourth-order valence-corrected chi connectivity index (χ4v) is 4.48. The van der Waals surface area contributed by atoms with Crippen molar-refractivity contribution in [1.82, 2.24) is 0 Å². The zero-order valence-electron chi connectivity index (χ0n) is 16.2. The van der Waals surface area contributed by atoms with E-state index in [4.69, 9.17) is 9.84 Å². The maximum absolute atomic E-state index is 13.0. The molecule has 9 heteroatoms. The molecule has 3 rings (SSSR count). The van der Waals surface area contributed by atoms with Crippen LogP contribution in [-0.2, 0) is 26.0 Å². The van der Waals surface area contributed by atoms with E-state index in [0.29, 0.717) is 30.1 Å². The molecule has 8 nitrogen and oxygen atoms in total. The Balaban J connectivity index is 1.83. The van der Waals surface area contributed by atoms with Gasteiger partial charge >= 0.3 is 5.97 Å². The third kappa shape index (κ3) is 4.19. The summed E-state index contributed by atoms with van der Waals surface area (Å²) in [6.45, 7) is 0.408. The molecule has 0 saturated carbocycles. The summed E-state index contributed by atoms with van der Waals surface area (Å²) in [6, 6.07) is 11.3. The van der Waals surface area contributed by atoms with Crippen LogP contribution in [0.15, 0.2) is 47.4 Å². The second kappa shape index (κ2) is 8.12. The maximum Gasteiger partial charge on any atom is 0.303 e. The largest absolute Gasteiger partial charge is 0.497 e. The molecule has 0 spiro atoms. The molecule has 2 aromatic rings. The highest BCUT2D eigenvalue weighted by atomic mass is 32.2. The lowest BCUT2D eigenvalue weighted by atomic mass is 10.2. The second-order valence-corrected chi connectivity index (χ2v) is 8.62. The highest BCUT2D eigenvalue weighted by Crippen LogP contribution is 2.32. The highest BCUT2D eigenvalue weighted by Gasteiger charge is 2.28. The number of rotatable bonds is 7. The van der Waals surface area contributed by atoms with E-state index in [0.717, 1.165) is 5.56 Å². The van der Waals surface area contributed by atoms with Gasteiger partial charge in [-0.05, 0) is 54.4 Å². The van der Waals surface area contributed by atoms with Crippen molar-refractivity contribution in [2.75, 3.05) is 29.9 Å². The summed E-state index contributed by atoms with van der Waals surface area (Å²) >= 11 is 0. The third-order valence-electron chi connectivity index (χ3n) is 4.89. The Morgan fingerprint density at radius 2 is 1.83 bits per heavy atom. The van der Waals surface area contributed by atoms with Crippen molar-refractivity contribution >= 4 is 33.3 Å². The van der Waals surface area contributed by atoms with Crippen LogP contribution in [0.5, 0.6) is 5.75 Å². The van der Waals surface area contributed by atoms with Gasteiger partial charge in [-0.1, -0.05) is 0 Å². The van der Waals surface area contributed by atoms with Crippen molar-refractivity contribution in [1.29, 1.82) is 0 Å². The Morgan fingerprint density at radius 3 is 2.45 bits per heavy atom. The van der Waals surface area contributed by atoms with Crippen LogP contribution in [0.1, 0.15) is 18.4 Å². The predicted octanol–water partition coefficient (Wildman–Crippen LogP) is 2.27. The molecule has 1 aliphatic heterocycles. The summed E-state index contributed by atoms with van der Waals surface area (Å²) in [6.07, 6.45) is 0.197. The van der Waals surface area contributed by atoms with Crippen molar-refractivity contribution in [2.24, 2.45) is 0 Å². The molecule has 0 fully saturated rings. The van der Waals surface area contributed by atoms with Gasteiger partial charge in [-0.25, -0.2) is 8.42 Å². The molecule has 154 valence electrons. The number of fused-ring (bicyclic) bond motifs is 1. The highest BCUT2D eigenvalue weighted by molar-refractivity contribution is 7.92. The molecule has 2 aromatic carbocycles. The molecule has 1 amide bonds. The van der Waals surface area contributed by atoms with E-state index in [-0.39, 0.29) is 23.6 Å².